The highest BCUT2D eigenvalue weighted by molar-refractivity contribution is 5.71. The molecule has 92 valence electrons. The summed E-state index contributed by atoms with van der Waals surface area (Å²) in [6.07, 6.45) is -2.44. The molecule has 1 heterocycles. The van der Waals surface area contributed by atoms with E-state index in [9.17, 15) is 10.2 Å². The number of benzene rings is 2. The molecule has 2 aromatic rings. The van der Waals surface area contributed by atoms with Crippen molar-refractivity contribution in [3.05, 3.63) is 59.7 Å². The molecule has 0 amide bonds. The van der Waals surface area contributed by atoms with E-state index in [2.05, 4.69) is 0 Å². The van der Waals surface area contributed by atoms with Crippen LogP contribution in [0.15, 0.2) is 48.5 Å². The number of aliphatic hydroxyl groups is 2. The van der Waals surface area contributed by atoms with Crippen molar-refractivity contribution in [2.24, 2.45) is 0 Å². The molecule has 18 heavy (non-hydrogen) atoms. The van der Waals surface area contributed by atoms with Gasteiger partial charge in [0.05, 0.1) is 0 Å². The van der Waals surface area contributed by atoms with E-state index in [-0.39, 0.29) is 0 Å². The zero-order valence-electron chi connectivity index (χ0n) is 9.48. The van der Waals surface area contributed by atoms with Gasteiger partial charge in [0.1, 0.15) is 0 Å². The maximum absolute atomic E-state index is 9.85. The third-order valence-corrected chi connectivity index (χ3v) is 2.98. The van der Waals surface area contributed by atoms with Crippen LogP contribution in [-0.4, -0.2) is 10.2 Å². The van der Waals surface area contributed by atoms with Crippen LogP contribution in [0.2, 0.25) is 0 Å². The Bertz CT molecular complexity index is 516. The van der Waals surface area contributed by atoms with Crippen LogP contribution in [0.1, 0.15) is 23.7 Å². The molecule has 0 aliphatic carbocycles. The summed E-state index contributed by atoms with van der Waals surface area (Å²) in [7, 11) is 0. The number of hydrogen-bond donors (Lipinski definition) is 2. The fraction of sp³-hybridized carbons (Fsp3) is 0.143. The van der Waals surface area contributed by atoms with Crippen molar-refractivity contribution in [1.82, 2.24) is 0 Å². The molecule has 2 N–H and O–H groups in total. The summed E-state index contributed by atoms with van der Waals surface area (Å²) in [5, 5.41) is 19.7. The number of rotatable bonds is 0. The molecule has 0 bridgehead atoms. The van der Waals surface area contributed by atoms with Gasteiger partial charge in [-0.2, -0.15) is 9.78 Å². The Morgan fingerprint density at radius 1 is 0.667 bits per heavy atom. The van der Waals surface area contributed by atoms with E-state index < -0.39 is 12.6 Å². The standard InChI is InChI=1S/C14H12O4/c15-13-11-7-3-1-5-9(11)10-6-2-4-8-12(10)14(16)18-17-13/h1-8,13-16H. The molecule has 0 saturated carbocycles. The van der Waals surface area contributed by atoms with Gasteiger partial charge < -0.3 is 10.2 Å². The van der Waals surface area contributed by atoms with E-state index in [1.807, 2.05) is 36.4 Å². The topological polar surface area (TPSA) is 58.9 Å². The second-order valence-corrected chi connectivity index (χ2v) is 4.07. The van der Waals surface area contributed by atoms with Crippen molar-refractivity contribution in [2.45, 2.75) is 12.6 Å². The lowest BCUT2D eigenvalue weighted by Gasteiger charge is -2.23. The summed E-state index contributed by atoms with van der Waals surface area (Å²) in [6, 6.07) is 14.6. The molecule has 0 aromatic heterocycles. The van der Waals surface area contributed by atoms with Crippen LogP contribution in [0, 0.1) is 0 Å². The smallest absolute Gasteiger partial charge is 0.215 e. The molecular weight excluding hydrogens is 232 g/mol. The zero-order chi connectivity index (χ0) is 12.5. The van der Waals surface area contributed by atoms with Gasteiger partial charge >= 0.3 is 0 Å². The summed E-state index contributed by atoms with van der Waals surface area (Å²) < 4.78 is 0. The van der Waals surface area contributed by atoms with Crippen LogP contribution < -0.4 is 0 Å². The summed E-state index contributed by atoms with van der Waals surface area (Å²) in [5.41, 5.74) is 2.86. The summed E-state index contributed by atoms with van der Waals surface area (Å²) in [5.74, 6) is 0. The summed E-state index contributed by atoms with van der Waals surface area (Å²) >= 11 is 0. The lowest BCUT2D eigenvalue weighted by atomic mass is 9.94. The first kappa shape index (κ1) is 11.4. The van der Waals surface area contributed by atoms with Crippen molar-refractivity contribution in [3.8, 4) is 11.1 Å². The normalized spacial score (nSPS) is 22.6. The quantitative estimate of drug-likeness (QED) is 0.698. The minimum Gasteiger partial charge on any atom is -0.362 e. The molecule has 2 atom stereocenters. The first-order valence-corrected chi connectivity index (χ1v) is 5.64. The van der Waals surface area contributed by atoms with Crippen LogP contribution in [0.25, 0.3) is 11.1 Å². The Balaban J connectivity index is 2.26. The monoisotopic (exact) mass is 244 g/mol. The highest BCUT2D eigenvalue weighted by Gasteiger charge is 2.24. The minimum absolute atomic E-state index is 0.608. The van der Waals surface area contributed by atoms with E-state index in [1.165, 1.54) is 0 Å². The molecule has 1 aliphatic rings. The number of fused-ring (bicyclic) bond motifs is 3. The first-order chi connectivity index (χ1) is 8.77. The molecule has 4 heteroatoms. The third kappa shape index (κ3) is 1.81. The van der Waals surface area contributed by atoms with Gasteiger partial charge in [-0.1, -0.05) is 48.5 Å². The third-order valence-electron chi connectivity index (χ3n) is 2.98. The van der Waals surface area contributed by atoms with E-state index in [0.29, 0.717) is 11.1 Å². The van der Waals surface area contributed by atoms with Gasteiger partial charge in [0.15, 0.2) is 0 Å². The lowest BCUT2D eigenvalue weighted by molar-refractivity contribution is -0.431. The van der Waals surface area contributed by atoms with E-state index >= 15 is 0 Å². The van der Waals surface area contributed by atoms with Gasteiger partial charge in [-0.3, -0.25) is 0 Å². The first-order valence-electron chi connectivity index (χ1n) is 5.64. The molecule has 1 aliphatic heterocycles. The van der Waals surface area contributed by atoms with Gasteiger partial charge in [0, 0.05) is 11.1 Å². The van der Waals surface area contributed by atoms with Gasteiger partial charge in [0.25, 0.3) is 0 Å². The van der Waals surface area contributed by atoms with E-state index in [0.717, 1.165) is 11.1 Å². The van der Waals surface area contributed by atoms with Crippen LogP contribution in [0.3, 0.4) is 0 Å². The number of aliphatic hydroxyl groups excluding tert-OH is 2. The van der Waals surface area contributed by atoms with Crippen LogP contribution in [0.5, 0.6) is 0 Å². The van der Waals surface area contributed by atoms with Crippen molar-refractivity contribution in [3.63, 3.8) is 0 Å². The molecule has 2 aromatic carbocycles. The Morgan fingerprint density at radius 3 is 1.50 bits per heavy atom. The molecule has 3 rings (SSSR count). The molecule has 0 fully saturated rings. The molecule has 0 saturated heterocycles. The SMILES string of the molecule is OC1OOC(O)c2ccccc2-c2ccccc21. The molecule has 0 spiro atoms. The highest BCUT2D eigenvalue weighted by atomic mass is 17.2. The van der Waals surface area contributed by atoms with Crippen molar-refractivity contribution >= 4 is 0 Å². The lowest BCUT2D eigenvalue weighted by Crippen LogP contribution is -2.14. The Kier molecular flexibility index (Phi) is 2.85. The Morgan fingerprint density at radius 2 is 1.06 bits per heavy atom. The molecule has 4 nitrogen and oxygen atoms in total. The van der Waals surface area contributed by atoms with Gasteiger partial charge in [-0.15, -0.1) is 0 Å². The van der Waals surface area contributed by atoms with Crippen molar-refractivity contribution < 1.29 is 20.0 Å². The Hall–Kier alpha value is -1.72. The molecule has 2 unspecified atom stereocenters. The van der Waals surface area contributed by atoms with Crippen LogP contribution in [-0.2, 0) is 9.78 Å². The largest absolute Gasteiger partial charge is 0.362 e. The maximum Gasteiger partial charge on any atom is 0.215 e. The van der Waals surface area contributed by atoms with Crippen LogP contribution >= 0.6 is 0 Å². The predicted molar refractivity (Wildman–Crippen MR) is 64.0 cm³/mol. The molecule has 0 radical (unpaired) electrons. The fourth-order valence-corrected chi connectivity index (χ4v) is 2.12. The Labute approximate surface area is 104 Å². The fourth-order valence-electron chi connectivity index (χ4n) is 2.12. The minimum atomic E-state index is -1.22. The second-order valence-electron chi connectivity index (χ2n) is 4.07. The highest BCUT2D eigenvalue weighted by Crippen LogP contribution is 2.36. The maximum atomic E-state index is 9.85. The second kappa shape index (κ2) is 4.51. The van der Waals surface area contributed by atoms with Gasteiger partial charge in [0.2, 0.25) is 12.6 Å². The van der Waals surface area contributed by atoms with E-state index in [4.69, 9.17) is 9.78 Å². The molecular formula is C14H12O4. The predicted octanol–water partition coefficient (Wildman–Crippen LogP) is 2.30. The average molecular weight is 244 g/mol. The van der Waals surface area contributed by atoms with Crippen molar-refractivity contribution in [1.29, 1.82) is 0 Å². The van der Waals surface area contributed by atoms with Crippen LogP contribution in [0.4, 0.5) is 0 Å². The van der Waals surface area contributed by atoms with E-state index in [1.54, 1.807) is 12.1 Å². The van der Waals surface area contributed by atoms with Gasteiger partial charge in [-0.25, -0.2) is 0 Å². The average Bonchev–Trinajstić information content (AvgIpc) is 2.43. The summed E-state index contributed by atoms with van der Waals surface area (Å²) in [6.45, 7) is 0. The van der Waals surface area contributed by atoms with Gasteiger partial charge in [-0.05, 0) is 11.1 Å². The van der Waals surface area contributed by atoms with Crippen molar-refractivity contribution in [2.75, 3.05) is 0 Å². The summed E-state index contributed by atoms with van der Waals surface area (Å²) in [4.78, 5) is 9.57. The number of hydrogen-bond acceptors (Lipinski definition) is 4. The zero-order valence-corrected chi connectivity index (χ0v) is 9.48.